The Hall–Kier alpha value is -1.90. The number of carbonyl (C=O) groups is 1. The highest BCUT2D eigenvalue weighted by Crippen LogP contribution is 2.22. The summed E-state index contributed by atoms with van der Waals surface area (Å²) in [5.74, 6) is -0.255. The maximum absolute atomic E-state index is 12.3. The van der Waals surface area contributed by atoms with E-state index in [0.717, 1.165) is 42.7 Å². The smallest absolute Gasteiger partial charge is 0.340 e. The summed E-state index contributed by atoms with van der Waals surface area (Å²) in [6.45, 7) is 4.99. The van der Waals surface area contributed by atoms with Crippen LogP contribution in [0.2, 0.25) is 0 Å². The number of benzene rings is 1. The average Bonchev–Trinajstić information content (AvgIpc) is 2.44. The Balaban J connectivity index is 2.47. The summed E-state index contributed by atoms with van der Waals surface area (Å²) >= 11 is 0. The Kier molecular flexibility index (Phi) is 5.10. The maximum Gasteiger partial charge on any atom is 0.340 e. The van der Waals surface area contributed by atoms with Crippen LogP contribution in [-0.2, 0) is 9.53 Å². The van der Waals surface area contributed by atoms with Crippen LogP contribution in [0.3, 0.4) is 0 Å². The Morgan fingerprint density at radius 2 is 2.00 bits per heavy atom. The van der Waals surface area contributed by atoms with Crippen molar-refractivity contribution in [3.05, 3.63) is 47.0 Å². The van der Waals surface area contributed by atoms with E-state index in [4.69, 9.17) is 4.74 Å². The molecule has 1 aliphatic heterocycles. The summed E-state index contributed by atoms with van der Waals surface area (Å²) in [7, 11) is 0. The summed E-state index contributed by atoms with van der Waals surface area (Å²) in [5.41, 5.74) is 3.49. The quantitative estimate of drug-likeness (QED) is 0.789. The third-order valence-electron chi connectivity index (χ3n) is 3.42. The van der Waals surface area contributed by atoms with Gasteiger partial charge in [-0.15, -0.1) is 0 Å². The van der Waals surface area contributed by atoms with E-state index in [1.165, 1.54) is 0 Å². The molecule has 0 spiro atoms. The number of rotatable bonds is 3. The van der Waals surface area contributed by atoms with Gasteiger partial charge in [-0.2, -0.15) is 0 Å². The second kappa shape index (κ2) is 7.04. The standard InChI is InChI=1S/C17H21NO2/c1-3-20-17(19)15-13(2)9-7-8-12-18-16(15)14-10-5-4-6-11-14/h4-6,10-11H,3,7-9,12H2,1-2H3/b15-13-,18-16?. The van der Waals surface area contributed by atoms with E-state index in [2.05, 4.69) is 4.99 Å². The lowest BCUT2D eigenvalue weighted by Crippen LogP contribution is -2.20. The summed E-state index contributed by atoms with van der Waals surface area (Å²) < 4.78 is 5.22. The highest BCUT2D eigenvalue weighted by atomic mass is 16.5. The fourth-order valence-corrected chi connectivity index (χ4v) is 2.40. The molecule has 0 N–H and O–H groups in total. The zero-order valence-corrected chi connectivity index (χ0v) is 12.2. The number of nitrogens with zero attached hydrogens (tertiary/aromatic N) is 1. The third-order valence-corrected chi connectivity index (χ3v) is 3.42. The molecular weight excluding hydrogens is 250 g/mol. The largest absolute Gasteiger partial charge is 0.462 e. The van der Waals surface area contributed by atoms with E-state index in [-0.39, 0.29) is 5.97 Å². The van der Waals surface area contributed by atoms with Crippen LogP contribution in [0.5, 0.6) is 0 Å². The van der Waals surface area contributed by atoms with Gasteiger partial charge in [0.15, 0.2) is 0 Å². The molecule has 0 saturated heterocycles. The van der Waals surface area contributed by atoms with Gasteiger partial charge in [0.05, 0.1) is 17.9 Å². The van der Waals surface area contributed by atoms with Gasteiger partial charge >= 0.3 is 5.97 Å². The molecule has 1 heterocycles. The first kappa shape index (κ1) is 14.5. The molecule has 0 fully saturated rings. The SMILES string of the molecule is CCOC(=O)/C1=C(/C)CCCCN=C1c1ccccc1. The van der Waals surface area contributed by atoms with Gasteiger partial charge in [-0.3, -0.25) is 4.99 Å². The molecule has 0 bridgehead atoms. The molecule has 1 aromatic rings. The topological polar surface area (TPSA) is 38.7 Å². The van der Waals surface area contributed by atoms with Gasteiger partial charge < -0.3 is 4.74 Å². The first-order valence-corrected chi connectivity index (χ1v) is 7.21. The Bertz CT molecular complexity index is 529. The van der Waals surface area contributed by atoms with Crippen molar-refractivity contribution in [3.63, 3.8) is 0 Å². The number of ether oxygens (including phenoxy) is 1. The number of esters is 1. The number of hydrogen-bond acceptors (Lipinski definition) is 3. The van der Waals surface area contributed by atoms with E-state index < -0.39 is 0 Å². The fourth-order valence-electron chi connectivity index (χ4n) is 2.40. The van der Waals surface area contributed by atoms with Crippen LogP contribution in [0, 0.1) is 0 Å². The first-order chi connectivity index (χ1) is 9.74. The monoisotopic (exact) mass is 271 g/mol. The molecule has 0 radical (unpaired) electrons. The third kappa shape index (κ3) is 3.35. The van der Waals surface area contributed by atoms with Crippen LogP contribution in [0.25, 0.3) is 0 Å². The van der Waals surface area contributed by atoms with Crippen LogP contribution in [0.15, 0.2) is 46.5 Å². The molecular formula is C17H21NO2. The van der Waals surface area contributed by atoms with Gasteiger partial charge in [0.2, 0.25) is 0 Å². The molecule has 3 nitrogen and oxygen atoms in total. The zero-order valence-electron chi connectivity index (χ0n) is 12.2. The Morgan fingerprint density at radius 3 is 2.70 bits per heavy atom. The number of hydrogen-bond donors (Lipinski definition) is 0. The Labute approximate surface area is 120 Å². The van der Waals surface area contributed by atoms with E-state index in [1.807, 2.05) is 44.2 Å². The minimum atomic E-state index is -0.255. The van der Waals surface area contributed by atoms with Gasteiger partial charge in [-0.25, -0.2) is 4.79 Å². The molecule has 0 aromatic heterocycles. The Morgan fingerprint density at radius 1 is 1.25 bits per heavy atom. The second-order valence-electron chi connectivity index (χ2n) is 4.93. The molecule has 20 heavy (non-hydrogen) atoms. The molecule has 3 heteroatoms. The van der Waals surface area contributed by atoms with Crippen molar-refractivity contribution in [2.45, 2.75) is 33.1 Å². The van der Waals surface area contributed by atoms with E-state index in [9.17, 15) is 4.79 Å². The van der Waals surface area contributed by atoms with Crippen molar-refractivity contribution < 1.29 is 9.53 Å². The van der Waals surface area contributed by atoms with Crippen LogP contribution < -0.4 is 0 Å². The fraction of sp³-hybridized carbons (Fsp3) is 0.412. The molecule has 0 unspecified atom stereocenters. The summed E-state index contributed by atoms with van der Waals surface area (Å²) in [4.78, 5) is 16.9. The van der Waals surface area contributed by atoms with Gasteiger partial charge in [-0.05, 0) is 33.1 Å². The maximum atomic E-state index is 12.3. The van der Waals surface area contributed by atoms with Crippen LogP contribution in [0.4, 0.5) is 0 Å². The molecule has 0 aliphatic carbocycles. The summed E-state index contributed by atoms with van der Waals surface area (Å²) in [6, 6.07) is 9.89. The highest BCUT2D eigenvalue weighted by molar-refractivity contribution is 6.27. The van der Waals surface area contributed by atoms with Crippen molar-refractivity contribution in [1.29, 1.82) is 0 Å². The summed E-state index contributed by atoms with van der Waals surface area (Å²) in [5, 5.41) is 0. The van der Waals surface area contributed by atoms with Gasteiger partial charge in [0, 0.05) is 12.1 Å². The van der Waals surface area contributed by atoms with E-state index in [1.54, 1.807) is 0 Å². The summed E-state index contributed by atoms with van der Waals surface area (Å²) in [6.07, 6.45) is 3.06. The van der Waals surface area contributed by atoms with Gasteiger partial charge in [0.1, 0.15) is 0 Å². The normalized spacial score (nSPS) is 19.8. The molecule has 2 rings (SSSR count). The molecule has 106 valence electrons. The minimum absolute atomic E-state index is 0.255. The first-order valence-electron chi connectivity index (χ1n) is 7.21. The lowest BCUT2D eigenvalue weighted by atomic mass is 9.94. The van der Waals surface area contributed by atoms with E-state index in [0.29, 0.717) is 12.2 Å². The van der Waals surface area contributed by atoms with Crippen molar-refractivity contribution in [2.75, 3.05) is 13.2 Å². The van der Waals surface area contributed by atoms with Gasteiger partial charge in [-0.1, -0.05) is 35.9 Å². The number of carbonyl (C=O) groups excluding carboxylic acids is 1. The van der Waals surface area contributed by atoms with Crippen molar-refractivity contribution in [2.24, 2.45) is 4.99 Å². The van der Waals surface area contributed by atoms with Crippen LogP contribution >= 0.6 is 0 Å². The number of allylic oxidation sites excluding steroid dienone is 1. The van der Waals surface area contributed by atoms with Crippen LogP contribution in [-0.4, -0.2) is 24.8 Å². The predicted octanol–water partition coefficient (Wildman–Crippen LogP) is 3.54. The molecule has 0 amide bonds. The van der Waals surface area contributed by atoms with Crippen molar-refractivity contribution in [1.82, 2.24) is 0 Å². The van der Waals surface area contributed by atoms with Crippen molar-refractivity contribution in [3.8, 4) is 0 Å². The van der Waals surface area contributed by atoms with E-state index >= 15 is 0 Å². The molecule has 1 aliphatic rings. The lowest BCUT2D eigenvalue weighted by Gasteiger charge is -2.17. The van der Waals surface area contributed by atoms with Crippen LogP contribution in [0.1, 0.15) is 38.7 Å². The van der Waals surface area contributed by atoms with Crippen molar-refractivity contribution >= 4 is 11.7 Å². The van der Waals surface area contributed by atoms with Gasteiger partial charge in [0.25, 0.3) is 0 Å². The number of aliphatic imine (C=N–C) groups is 1. The molecule has 0 saturated carbocycles. The molecule has 1 aromatic carbocycles. The minimum Gasteiger partial charge on any atom is -0.462 e. The molecule has 0 atom stereocenters. The predicted molar refractivity (Wildman–Crippen MR) is 81.0 cm³/mol. The second-order valence-corrected chi connectivity index (χ2v) is 4.93. The zero-order chi connectivity index (χ0) is 14.4. The lowest BCUT2D eigenvalue weighted by molar-refractivity contribution is -0.137. The average molecular weight is 271 g/mol. The highest BCUT2D eigenvalue weighted by Gasteiger charge is 2.22.